The largest absolute Gasteiger partial charge is 0.470 e. The Hall–Kier alpha value is -1.96. The predicted octanol–water partition coefficient (Wildman–Crippen LogP) is 3.56. The molecule has 1 aromatic heterocycles. The van der Waals surface area contributed by atoms with Gasteiger partial charge in [0.05, 0.1) is 11.3 Å². The molecule has 2 aliphatic rings. The molecule has 0 radical (unpaired) electrons. The van der Waals surface area contributed by atoms with Crippen LogP contribution in [0.5, 0.6) is 5.75 Å². The van der Waals surface area contributed by atoms with Crippen molar-refractivity contribution in [1.29, 1.82) is 0 Å². The molecule has 1 N–H and O–H groups in total. The van der Waals surface area contributed by atoms with Crippen LogP contribution in [0.15, 0.2) is 18.2 Å². The number of benzene rings is 1. The molecule has 0 spiro atoms. The first kappa shape index (κ1) is 16.5. The molecule has 4 rings (SSSR count). The Morgan fingerprint density at radius 1 is 1.16 bits per heavy atom. The lowest BCUT2D eigenvalue weighted by Gasteiger charge is -2.19. The van der Waals surface area contributed by atoms with Gasteiger partial charge in [0.2, 0.25) is 5.44 Å². The second-order valence-electron chi connectivity index (χ2n) is 6.84. The van der Waals surface area contributed by atoms with Gasteiger partial charge in [-0.1, -0.05) is 0 Å². The molecule has 1 atom stereocenters. The second kappa shape index (κ2) is 5.79. The van der Waals surface area contributed by atoms with Crippen molar-refractivity contribution in [2.24, 2.45) is 0 Å². The first-order valence-corrected chi connectivity index (χ1v) is 10.2. The van der Waals surface area contributed by atoms with Crippen LogP contribution in [0.3, 0.4) is 0 Å². The zero-order valence-corrected chi connectivity index (χ0v) is 14.4. The summed E-state index contributed by atoms with van der Waals surface area (Å²) in [6.07, 6.45) is 4.95. The van der Waals surface area contributed by atoms with E-state index >= 15 is 0 Å². The monoisotopic (exact) mass is 368 g/mol. The quantitative estimate of drug-likeness (QED) is 0.846. The number of H-pyrrole nitrogens is 1. The van der Waals surface area contributed by atoms with Crippen molar-refractivity contribution in [3.8, 4) is 5.75 Å². The average molecular weight is 368 g/mol. The van der Waals surface area contributed by atoms with Gasteiger partial charge >= 0.3 is 0 Å². The number of hydrogen-bond acceptors (Lipinski definition) is 4. The van der Waals surface area contributed by atoms with Crippen molar-refractivity contribution in [2.75, 3.05) is 6.26 Å². The van der Waals surface area contributed by atoms with Crippen LogP contribution < -0.4 is 4.74 Å². The third-order valence-electron chi connectivity index (χ3n) is 4.57. The smallest absolute Gasteiger partial charge is 0.227 e. The highest BCUT2D eigenvalue weighted by Gasteiger charge is 2.41. The molecule has 5 nitrogen and oxygen atoms in total. The number of sulfone groups is 1. The lowest BCUT2D eigenvalue weighted by atomic mass is 10.1. The van der Waals surface area contributed by atoms with Crippen LogP contribution in [0.1, 0.15) is 59.9 Å². The molecule has 25 heavy (non-hydrogen) atoms. The van der Waals surface area contributed by atoms with Crippen molar-refractivity contribution in [2.45, 2.75) is 43.0 Å². The zero-order chi connectivity index (χ0) is 17.8. The van der Waals surface area contributed by atoms with Crippen molar-refractivity contribution < 1.29 is 21.9 Å². The van der Waals surface area contributed by atoms with E-state index in [1.54, 1.807) is 0 Å². The maximum Gasteiger partial charge on any atom is 0.227 e. The standard InChI is InChI=1S/C17H18F2N2O3S/c1-25(22,23)17(24-11-6-7-12(18)13(19)8-11)14-15(9-2-3-9)20-21-16(14)10-4-5-10/h6-10,17H,2-5H2,1H3,(H,20,21). The fourth-order valence-corrected chi connectivity index (χ4v) is 3.97. The third-order valence-corrected chi connectivity index (χ3v) is 5.68. The summed E-state index contributed by atoms with van der Waals surface area (Å²) in [5.74, 6) is -1.63. The highest BCUT2D eigenvalue weighted by atomic mass is 32.2. The van der Waals surface area contributed by atoms with Gasteiger partial charge in [-0.15, -0.1) is 0 Å². The van der Waals surface area contributed by atoms with Crippen molar-refractivity contribution in [1.82, 2.24) is 10.2 Å². The summed E-state index contributed by atoms with van der Waals surface area (Å²) in [4.78, 5) is 0. The summed E-state index contributed by atoms with van der Waals surface area (Å²) in [5, 5.41) is 7.33. The number of nitrogens with one attached hydrogen (secondary N) is 1. The van der Waals surface area contributed by atoms with Gasteiger partial charge < -0.3 is 4.74 Å². The number of halogens is 2. The highest BCUT2D eigenvalue weighted by Crippen LogP contribution is 2.49. The number of ether oxygens (including phenoxy) is 1. The highest BCUT2D eigenvalue weighted by molar-refractivity contribution is 7.90. The van der Waals surface area contributed by atoms with Gasteiger partial charge in [0.15, 0.2) is 21.5 Å². The van der Waals surface area contributed by atoms with E-state index in [4.69, 9.17) is 4.74 Å². The second-order valence-corrected chi connectivity index (χ2v) is 8.93. The lowest BCUT2D eigenvalue weighted by molar-refractivity contribution is 0.276. The molecule has 2 saturated carbocycles. The van der Waals surface area contributed by atoms with E-state index < -0.39 is 26.9 Å². The van der Waals surface area contributed by atoms with E-state index in [1.165, 1.54) is 6.07 Å². The molecule has 0 bridgehead atoms. The van der Waals surface area contributed by atoms with Gasteiger partial charge in [-0.25, -0.2) is 17.2 Å². The zero-order valence-electron chi connectivity index (χ0n) is 13.6. The van der Waals surface area contributed by atoms with E-state index in [-0.39, 0.29) is 17.6 Å². The minimum atomic E-state index is -3.66. The summed E-state index contributed by atoms with van der Waals surface area (Å²) in [7, 11) is -3.66. The number of aromatic amines is 1. The SMILES string of the molecule is CS(=O)(=O)C(Oc1ccc(F)c(F)c1)c1c(C2CC2)n[nH]c1C1CC1. The van der Waals surface area contributed by atoms with Crippen LogP contribution in [-0.4, -0.2) is 24.9 Å². The molecular weight excluding hydrogens is 350 g/mol. The number of rotatable bonds is 6. The predicted molar refractivity (Wildman–Crippen MR) is 87.1 cm³/mol. The Kier molecular flexibility index (Phi) is 3.82. The van der Waals surface area contributed by atoms with E-state index in [1.807, 2.05) is 0 Å². The maximum absolute atomic E-state index is 13.5. The van der Waals surface area contributed by atoms with Crippen LogP contribution >= 0.6 is 0 Å². The molecule has 2 aliphatic carbocycles. The molecular formula is C17H18F2N2O3S. The molecule has 2 aromatic rings. The number of nitrogens with zero attached hydrogens (tertiary/aromatic N) is 1. The summed E-state index contributed by atoms with van der Waals surface area (Å²) in [5.41, 5.74) is 0.777. The van der Waals surface area contributed by atoms with Gasteiger partial charge in [-0.2, -0.15) is 5.10 Å². The van der Waals surface area contributed by atoms with Gasteiger partial charge in [-0.05, 0) is 37.8 Å². The molecule has 1 heterocycles. The van der Waals surface area contributed by atoms with E-state index in [0.717, 1.165) is 55.5 Å². The average Bonchev–Trinajstić information content (AvgIpc) is 3.46. The first-order valence-electron chi connectivity index (χ1n) is 8.23. The minimum Gasteiger partial charge on any atom is -0.470 e. The van der Waals surface area contributed by atoms with Gasteiger partial charge in [0.25, 0.3) is 0 Å². The summed E-state index contributed by atoms with van der Waals surface area (Å²) in [6.45, 7) is 0. The molecule has 1 aromatic carbocycles. The lowest BCUT2D eigenvalue weighted by Crippen LogP contribution is -2.20. The van der Waals surface area contributed by atoms with Gasteiger partial charge in [-0.3, -0.25) is 5.10 Å². The molecule has 2 fully saturated rings. The molecule has 8 heteroatoms. The van der Waals surface area contributed by atoms with Gasteiger partial charge in [0, 0.05) is 29.9 Å². The molecule has 0 amide bonds. The van der Waals surface area contributed by atoms with Crippen molar-refractivity contribution in [3.63, 3.8) is 0 Å². The Morgan fingerprint density at radius 3 is 2.40 bits per heavy atom. The molecule has 0 saturated heterocycles. The van der Waals surface area contributed by atoms with E-state index in [9.17, 15) is 17.2 Å². The van der Waals surface area contributed by atoms with Crippen LogP contribution in [-0.2, 0) is 9.84 Å². The fourth-order valence-electron chi connectivity index (χ4n) is 3.01. The third kappa shape index (κ3) is 3.27. The topological polar surface area (TPSA) is 72.1 Å². The fraction of sp³-hybridized carbons (Fsp3) is 0.471. The summed E-state index contributed by atoms with van der Waals surface area (Å²) >= 11 is 0. The van der Waals surface area contributed by atoms with E-state index in [2.05, 4.69) is 10.2 Å². The Labute approximate surface area is 144 Å². The Bertz CT molecular complexity index is 888. The first-order chi connectivity index (χ1) is 11.8. The molecule has 1 unspecified atom stereocenters. The van der Waals surface area contributed by atoms with Crippen LogP contribution in [0.25, 0.3) is 0 Å². The van der Waals surface area contributed by atoms with Crippen molar-refractivity contribution in [3.05, 3.63) is 46.8 Å². The molecule has 0 aliphatic heterocycles. The van der Waals surface area contributed by atoms with Crippen LogP contribution in [0, 0.1) is 11.6 Å². The number of hydrogen-bond donors (Lipinski definition) is 1. The number of aromatic nitrogens is 2. The Balaban J connectivity index is 1.77. The minimum absolute atomic E-state index is 0.0287. The van der Waals surface area contributed by atoms with Gasteiger partial charge in [0.1, 0.15) is 5.75 Å². The summed E-state index contributed by atoms with van der Waals surface area (Å²) in [6, 6.07) is 3.01. The van der Waals surface area contributed by atoms with Crippen LogP contribution in [0.2, 0.25) is 0 Å². The normalized spacial score (nSPS) is 19.0. The summed E-state index contributed by atoms with van der Waals surface area (Å²) < 4.78 is 57.1. The van der Waals surface area contributed by atoms with Crippen molar-refractivity contribution >= 4 is 9.84 Å². The van der Waals surface area contributed by atoms with E-state index in [0.29, 0.717) is 5.56 Å². The maximum atomic E-state index is 13.5. The molecule has 134 valence electrons. The van der Waals surface area contributed by atoms with Crippen LogP contribution in [0.4, 0.5) is 8.78 Å². The Morgan fingerprint density at radius 2 is 1.84 bits per heavy atom.